The van der Waals surface area contributed by atoms with Crippen LogP contribution < -0.4 is 10.6 Å². The van der Waals surface area contributed by atoms with Crippen LogP contribution in [0.5, 0.6) is 0 Å². The molecule has 22 heavy (non-hydrogen) atoms. The monoisotopic (exact) mass is 310 g/mol. The molecule has 0 aromatic carbocycles. The van der Waals surface area contributed by atoms with E-state index in [1.165, 1.54) is 0 Å². The Morgan fingerprint density at radius 1 is 1.36 bits per heavy atom. The Morgan fingerprint density at radius 3 is 2.50 bits per heavy atom. The molecule has 2 unspecified atom stereocenters. The van der Waals surface area contributed by atoms with E-state index in [-0.39, 0.29) is 30.8 Å². The van der Waals surface area contributed by atoms with Gasteiger partial charge in [-0.2, -0.15) is 0 Å². The van der Waals surface area contributed by atoms with Gasteiger partial charge in [0, 0.05) is 6.54 Å². The largest absolute Gasteiger partial charge is 0.466 e. The molecule has 1 heterocycles. The summed E-state index contributed by atoms with van der Waals surface area (Å²) in [7, 11) is 0. The molecule has 1 rings (SSSR count). The Bertz CT molecular complexity index is 534. The molecular weight excluding hydrogens is 284 g/mol. The second-order valence-corrected chi connectivity index (χ2v) is 5.95. The summed E-state index contributed by atoms with van der Waals surface area (Å²) in [5, 5.41) is 15.4. The van der Waals surface area contributed by atoms with Crippen molar-refractivity contribution in [2.24, 2.45) is 5.92 Å². The number of nitrogens with one attached hydrogen (secondary N) is 2. The third-order valence-corrected chi connectivity index (χ3v) is 4.01. The highest BCUT2D eigenvalue weighted by atomic mass is 16.3. The highest BCUT2D eigenvalue weighted by Gasteiger charge is 2.27. The number of aliphatic hydroxyl groups is 1. The van der Waals surface area contributed by atoms with Crippen LogP contribution in [0.4, 0.5) is 0 Å². The fraction of sp³-hybridized carbons (Fsp3) is 0.625. The summed E-state index contributed by atoms with van der Waals surface area (Å²) in [5.74, 6) is 0.554. The highest BCUT2D eigenvalue weighted by Crippen LogP contribution is 2.18. The van der Waals surface area contributed by atoms with Crippen molar-refractivity contribution in [3.8, 4) is 0 Å². The predicted molar refractivity (Wildman–Crippen MR) is 83.6 cm³/mol. The third kappa shape index (κ3) is 4.87. The van der Waals surface area contributed by atoms with Crippen LogP contribution >= 0.6 is 0 Å². The topological polar surface area (TPSA) is 91.6 Å². The molecule has 124 valence electrons. The minimum atomic E-state index is -0.966. The van der Waals surface area contributed by atoms with E-state index in [4.69, 9.17) is 4.42 Å². The summed E-state index contributed by atoms with van der Waals surface area (Å²) in [6, 6.07) is 1.64. The molecule has 0 aliphatic rings. The number of carbonyl (C=O) groups is 2. The van der Waals surface area contributed by atoms with Gasteiger partial charge in [-0.05, 0) is 32.8 Å². The average Bonchev–Trinajstić information content (AvgIpc) is 2.80. The first-order valence-corrected chi connectivity index (χ1v) is 7.51. The number of aryl methyl sites for hydroxylation is 2. The number of carbonyl (C=O) groups excluding carboxylic acids is 2. The standard InChI is InChI=1S/C16H26N2O4/c1-6-10(2)16(5,21)9-18-14(19)8-17-15(20)13-7-11(3)22-12(13)4/h7,10,21H,6,8-9H2,1-5H3,(H,17,20)(H,18,19). The van der Waals surface area contributed by atoms with Crippen molar-refractivity contribution in [3.63, 3.8) is 0 Å². The summed E-state index contributed by atoms with van der Waals surface area (Å²) in [4.78, 5) is 23.7. The van der Waals surface area contributed by atoms with Crippen molar-refractivity contribution < 1.29 is 19.1 Å². The van der Waals surface area contributed by atoms with Gasteiger partial charge in [0.15, 0.2) is 0 Å². The Balaban J connectivity index is 2.43. The fourth-order valence-corrected chi connectivity index (χ4v) is 2.07. The highest BCUT2D eigenvalue weighted by molar-refractivity contribution is 5.97. The molecule has 2 amide bonds. The summed E-state index contributed by atoms with van der Waals surface area (Å²) in [6.45, 7) is 9.07. The van der Waals surface area contributed by atoms with Crippen molar-refractivity contribution in [2.75, 3.05) is 13.1 Å². The summed E-state index contributed by atoms with van der Waals surface area (Å²) >= 11 is 0. The van der Waals surface area contributed by atoms with E-state index < -0.39 is 5.60 Å². The molecule has 6 heteroatoms. The Labute approximate surface area is 131 Å². The lowest BCUT2D eigenvalue weighted by atomic mass is 9.89. The smallest absolute Gasteiger partial charge is 0.255 e. The molecule has 0 spiro atoms. The van der Waals surface area contributed by atoms with Crippen LogP contribution in [0.25, 0.3) is 0 Å². The second-order valence-electron chi connectivity index (χ2n) is 5.95. The number of furan rings is 1. The molecule has 3 N–H and O–H groups in total. The maximum Gasteiger partial charge on any atom is 0.255 e. The zero-order chi connectivity index (χ0) is 16.9. The maximum absolute atomic E-state index is 11.9. The lowest BCUT2D eigenvalue weighted by Gasteiger charge is -2.29. The van der Waals surface area contributed by atoms with Crippen LogP contribution in [0.3, 0.4) is 0 Å². The number of amides is 2. The van der Waals surface area contributed by atoms with E-state index >= 15 is 0 Å². The van der Waals surface area contributed by atoms with Gasteiger partial charge in [0.05, 0.1) is 17.7 Å². The number of hydrogen-bond donors (Lipinski definition) is 3. The first-order valence-electron chi connectivity index (χ1n) is 7.51. The molecule has 0 bridgehead atoms. The average molecular weight is 310 g/mol. The van der Waals surface area contributed by atoms with Gasteiger partial charge in [0.2, 0.25) is 5.91 Å². The second kappa shape index (κ2) is 7.45. The fourth-order valence-electron chi connectivity index (χ4n) is 2.07. The van der Waals surface area contributed by atoms with Crippen molar-refractivity contribution in [3.05, 3.63) is 23.2 Å². The zero-order valence-corrected chi connectivity index (χ0v) is 13.9. The van der Waals surface area contributed by atoms with Crippen LogP contribution in [-0.2, 0) is 4.79 Å². The maximum atomic E-state index is 11.9. The number of hydrogen-bond acceptors (Lipinski definition) is 4. The van der Waals surface area contributed by atoms with Gasteiger partial charge >= 0.3 is 0 Å². The summed E-state index contributed by atoms with van der Waals surface area (Å²) < 4.78 is 5.28. The summed E-state index contributed by atoms with van der Waals surface area (Å²) in [5.41, 5.74) is -0.538. The van der Waals surface area contributed by atoms with Crippen LogP contribution in [0.15, 0.2) is 10.5 Å². The van der Waals surface area contributed by atoms with Gasteiger partial charge < -0.3 is 20.2 Å². The van der Waals surface area contributed by atoms with Gasteiger partial charge in [0.1, 0.15) is 11.5 Å². The minimum Gasteiger partial charge on any atom is -0.466 e. The third-order valence-electron chi connectivity index (χ3n) is 4.01. The van der Waals surface area contributed by atoms with E-state index in [0.717, 1.165) is 6.42 Å². The molecule has 0 saturated carbocycles. The van der Waals surface area contributed by atoms with E-state index in [2.05, 4.69) is 10.6 Å². The van der Waals surface area contributed by atoms with E-state index in [1.807, 2.05) is 13.8 Å². The molecule has 1 aromatic rings. The SMILES string of the molecule is CCC(C)C(C)(O)CNC(=O)CNC(=O)c1cc(C)oc1C. The van der Waals surface area contributed by atoms with Gasteiger partial charge in [-0.25, -0.2) is 0 Å². The summed E-state index contributed by atoms with van der Waals surface area (Å²) in [6.07, 6.45) is 0.818. The lowest BCUT2D eigenvalue weighted by molar-refractivity contribution is -0.121. The molecule has 1 aromatic heterocycles. The van der Waals surface area contributed by atoms with E-state index in [0.29, 0.717) is 17.1 Å². The molecule has 0 aliphatic carbocycles. The van der Waals surface area contributed by atoms with Crippen LogP contribution in [0, 0.1) is 19.8 Å². The van der Waals surface area contributed by atoms with Crippen LogP contribution in [0.2, 0.25) is 0 Å². The van der Waals surface area contributed by atoms with Gasteiger partial charge in [-0.3, -0.25) is 9.59 Å². The quantitative estimate of drug-likeness (QED) is 0.712. The van der Waals surface area contributed by atoms with E-state index in [9.17, 15) is 14.7 Å². The molecule has 0 saturated heterocycles. The minimum absolute atomic E-state index is 0.0685. The first kappa shape index (κ1) is 18.2. The lowest BCUT2D eigenvalue weighted by Crippen LogP contribution is -2.47. The van der Waals surface area contributed by atoms with Crippen LogP contribution in [0.1, 0.15) is 49.1 Å². The molecule has 0 fully saturated rings. The first-order chi connectivity index (χ1) is 10.2. The van der Waals surface area contributed by atoms with Gasteiger partial charge in [0.25, 0.3) is 5.91 Å². The molecule has 0 aliphatic heterocycles. The molecular formula is C16H26N2O4. The Kier molecular flexibility index (Phi) is 6.17. The molecule has 0 radical (unpaired) electrons. The van der Waals surface area contributed by atoms with Gasteiger partial charge in [-0.15, -0.1) is 0 Å². The normalized spacial score (nSPS) is 15.0. The van der Waals surface area contributed by atoms with Crippen molar-refractivity contribution in [1.82, 2.24) is 10.6 Å². The van der Waals surface area contributed by atoms with Crippen molar-refractivity contribution in [1.29, 1.82) is 0 Å². The Morgan fingerprint density at radius 2 is 2.00 bits per heavy atom. The molecule has 6 nitrogen and oxygen atoms in total. The Hall–Kier alpha value is -1.82. The molecule has 2 atom stereocenters. The van der Waals surface area contributed by atoms with Crippen LogP contribution in [-0.4, -0.2) is 35.6 Å². The predicted octanol–water partition coefficient (Wildman–Crippen LogP) is 1.54. The van der Waals surface area contributed by atoms with Crippen molar-refractivity contribution >= 4 is 11.8 Å². The van der Waals surface area contributed by atoms with E-state index in [1.54, 1.807) is 26.8 Å². The number of rotatable bonds is 7. The zero-order valence-electron chi connectivity index (χ0n) is 13.9. The van der Waals surface area contributed by atoms with Gasteiger partial charge in [-0.1, -0.05) is 20.3 Å². The van der Waals surface area contributed by atoms with Crippen molar-refractivity contribution in [2.45, 2.75) is 46.6 Å².